The van der Waals surface area contributed by atoms with Gasteiger partial charge in [0.05, 0.1) is 25.4 Å². The van der Waals surface area contributed by atoms with Crippen molar-refractivity contribution in [2.24, 2.45) is 5.41 Å². The fourth-order valence-electron chi connectivity index (χ4n) is 3.91. The molecular formula is C18H25NO4. The van der Waals surface area contributed by atoms with E-state index in [4.69, 9.17) is 9.47 Å². The van der Waals surface area contributed by atoms with Gasteiger partial charge in [0.2, 0.25) is 0 Å². The van der Waals surface area contributed by atoms with Crippen LogP contribution in [-0.4, -0.2) is 48.8 Å². The predicted molar refractivity (Wildman–Crippen MR) is 87.0 cm³/mol. The zero-order chi connectivity index (χ0) is 16.7. The number of methoxy groups -OCH3 is 2. The van der Waals surface area contributed by atoms with Crippen molar-refractivity contribution < 1.29 is 19.4 Å². The van der Waals surface area contributed by atoms with Crippen LogP contribution in [0.1, 0.15) is 43.0 Å². The molecule has 1 aliphatic heterocycles. The van der Waals surface area contributed by atoms with Crippen LogP contribution in [0.3, 0.4) is 0 Å². The molecule has 1 saturated heterocycles. The molecule has 3 rings (SSSR count). The van der Waals surface area contributed by atoms with Crippen LogP contribution in [0.2, 0.25) is 0 Å². The van der Waals surface area contributed by atoms with Gasteiger partial charge in [-0.2, -0.15) is 0 Å². The van der Waals surface area contributed by atoms with Crippen molar-refractivity contribution in [2.75, 3.05) is 27.3 Å². The average Bonchev–Trinajstić information content (AvgIpc) is 2.59. The van der Waals surface area contributed by atoms with Crippen molar-refractivity contribution in [3.05, 3.63) is 23.8 Å². The number of likely N-dealkylation sites (tertiary alicyclic amines) is 1. The van der Waals surface area contributed by atoms with Gasteiger partial charge in [0.25, 0.3) is 5.91 Å². The number of hydrogen-bond donors (Lipinski definition) is 1. The molecule has 5 heteroatoms. The summed E-state index contributed by atoms with van der Waals surface area (Å²) in [5.74, 6) is 1.19. The van der Waals surface area contributed by atoms with E-state index in [0.717, 1.165) is 25.7 Å². The number of carbonyl (C=O) groups is 1. The highest BCUT2D eigenvalue weighted by atomic mass is 16.5. The first-order chi connectivity index (χ1) is 10.9. The maximum absolute atomic E-state index is 12.8. The number of aliphatic hydroxyl groups is 1. The van der Waals surface area contributed by atoms with E-state index in [1.807, 2.05) is 11.8 Å². The van der Waals surface area contributed by atoms with E-state index < -0.39 is 5.60 Å². The van der Waals surface area contributed by atoms with Crippen LogP contribution in [0.4, 0.5) is 0 Å². The summed E-state index contributed by atoms with van der Waals surface area (Å²) in [6, 6.07) is 5.26. The molecule has 23 heavy (non-hydrogen) atoms. The third kappa shape index (κ3) is 2.57. The van der Waals surface area contributed by atoms with Crippen molar-refractivity contribution in [3.63, 3.8) is 0 Å². The normalized spacial score (nSPS) is 25.8. The Kier molecular flexibility index (Phi) is 4.00. The minimum atomic E-state index is -0.570. The van der Waals surface area contributed by atoms with Crippen LogP contribution >= 0.6 is 0 Å². The standard InChI is InChI=1S/C18H25NO4/c1-17(21)6-7-18(17)8-10-19(11-9-18)16(20)14-5-4-13(22-2)12-15(14)23-3/h4-5,12,21H,6-11H2,1-3H3. The maximum Gasteiger partial charge on any atom is 0.257 e. The molecule has 0 aromatic heterocycles. The SMILES string of the molecule is COc1ccc(C(=O)N2CCC3(CC2)CCC3(C)O)c(OC)c1. The van der Waals surface area contributed by atoms with Crippen molar-refractivity contribution in [2.45, 2.75) is 38.2 Å². The Hall–Kier alpha value is -1.75. The molecule has 1 N–H and O–H groups in total. The number of rotatable bonds is 3. The van der Waals surface area contributed by atoms with E-state index in [1.165, 1.54) is 0 Å². The Balaban J connectivity index is 1.73. The topological polar surface area (TPSA) is 59.0 Å². The Bertz CT molecular complexity index is 603. The molecule has 1 heterocycles. The number of nitrogens with zero attached hydrogens (tertiary/aromatic N) is 1. The van der Waals surface area contributed by atoms with E-state index in [0.29, 0.717) is 30.2 Å². The first-order valence-electron chi connectivity index (χ1n) is 8.16. The Morgan fingerprint density at radius 1 is 1.13 bits per heavy atom. The summed E-state index contributed by atoms with van der Waals surface area (Å²) in [4.78, 5) is 14.7. The van der Waals surface area contributed by atoms with E-state index in [1.54, 1.807) is 32.4 Å². The molecule has 1 aromatic rings. The molecule has 1 saturated carbocycles. The van der Waals surface area contributed by atoms with E-state index in [2.05, 4.69) is 0 Å². The molecule has 2 fully saturated rings. The van der Waals surface area contributed by atoms with Gasteiger partial charge in [-0.3, -0.25) is 4.79 Å². The molecule has 126 valence electrons. The summed E-state index contributed by atoms with van der Waals surface area (Å²) in [7, 11) is 3.15. The van der Waals surface area contributed by atoms with Crippen LogP contribution in [-0.2, 0) is 0 Å². The first kappa shape index (κ1) is 16.1. The maximum atomic E-state index is 12.8. The third-order valence-corrected chi connectivity index (χ3v) is 5.88. The molecule has 1 unspecified atom stereocenters. The molecule has 1 aliphatic carbocycles. The fraction of sp³-hybridized carbons (Fsp3) is 0.611. The predicted octanol–water partition coefficient (Wildman–Crippen LogP) is 2.47. The lowest BCUT2D eigenvalue weighted by Crippen LogP contribution is -2.60. The minimum Gasteiger partial charge on any atom is -0.497 e. The lowest BCUT2D eigenvalue weighted by atomic mass is 9.53. The van der Waals surface area contributed by atoms with Gasteiger partial charge < -0.3 is 19.5 Å². The molecule has 1 amide bonds. The Morgan fingerprint density at radius 3 is 2.30 bits per heavy atom. The monoisotopic (exact) mass is 319 g/mol. The summed E-state index contributed by atoms with van der Waals surface area (Å²) in [5, 5.41) is 10.4. The molecule has 0 bridgehead atoms. The minimum absolute atomic E-state index is 0.00771. The number of piperidine rings is 1. The van der Waals surface area contributed by atoms with Crippen LogP contribution in [0.15, 0.2) is 18.2 Å². The summed E-state index contributed by atoms with van der Waals surface area (Å²) >= 11 is 0. The fourth-order valence-corrected chi connectivity index (χ4v) is 3.91. The van der Waals surface area contributed by atoms with Gasteiger partial charge in [-0.1, -0.05) is 0 Å². The largest absolute Gasteiger partial charge is 0.497 e. The van der Waals surface area contributed by atoms with E-state index >= 15 is 0 Å². The number of amides is 1. The van der Waals surface area contributed by atoms with Gasteiger partial charge in [0.1, 0.15) is 11.5 Å². The highest BCUT2D eigenvalue weighted by Gasteiger charge is 2.55. The number of benzene rings is 1. The molecule has 1 spiro atoms. The molecule has 1 aromatic carbocycles. The van der Waals surface area contributed by atoms with Crippen molar-refractivity contribution in [1.82, 2.24) is 4.90 Å². The lowest BCUT2D eigenvalue weighted by molar-refractivity contribution is -0.174. The van der Waals surface area contributed by atoms with Gasteiger partial charge in [0, 0.05) is 24.6 Å². The Labute approximate surface area is 137 Å². The molecule has 0 radical (unpaired) electrons. The van der Waals surface area contributed by atoms with Crippen LogP contribution in [0, 0.1) is 5.41 Å². The second-order valence-electron chi connectivity index (χ2n) is 6.91. The first-order valence-corrected chi connectivity index (χ1v) is 8.16. The highest BCUT2D eigenvalue weighted by Crippen LogP contribution is 2.56. The number of carbonyl (C=O) groups excluding carboxylic acids is 1. The van der Waals surface area contributed by atoms with Gasteiger partial charge in [-0.05, 0) is 44.7 Å². The number of hydrogen-bond acceptors (Lipinski definition) is 4. The summed E-state index contributed by atoms with van der Waals surface area (Å²) in [6.07, 6.45) is 3.66. The van der Waals surface area contributed by atoms with Gasteiger partial charge in [-0.15, -0.1) is 0 Å². The van der Waals surface area contributed by atoms with Crippen molar-refractivity contribution >= 4 is 5.91 Å². The highest BCUT2D eigenvalue weighted by molar-refractivity contribution is 5.97. The van der Waals surface area contributed by atoms with Gasteiger partial charge in [-0.25, -0.2) is 0 Å². The molecule has 1 atom stereocenters. The second kappa shape index (κ2) is 5.71. The summed E-state index contributed by atoms with van der Waals surface area (Å²) in [5.41, 5.74) is -0.00196. The summed E-state index contributed by atoms with van der Waals surface area (Å²) < 4.78 is 10.5. The zero-order valence-corrected chi connectivity index (χ0v) is 14.1. The van der Waals surface area contributed by atoms with E-state index in [9.17, 15) is 9.90 Å². The second-order valence-corrected chi connectivity index (χ2v) is 6.91. The Morgan fingerprint density at radius 2 is 1.83 bits per heavy atom. The molecule has 2 aliphatic rings. The van der Waals surface area contributed by atoms with Crippen LogP contribution in [0.25, 0.3) is 0 Å². The molecular weight excluding hydrogens is 294 g/mol. The van der Waals surface area contributed by atoms with Crippen LogP contribution < -0.4 is 9.47 Å². The van der Waals surface area contributed by atoms with Crippen molar-refractivity contribution in [3.8, 4) is 11.5 Å². The third-order valence-electron chi connectivity index (χ3n) is 5.88. The van der Waals surface area contributed by atoms with Gasteiger partial charge >= 0.3 is 0 Å². The zero-order valence-electron chi connectivity index (χ0n) is 14.1. The average molecular weight is 319 g/mol. The quantitative estimate of drug-likeness (QED) is 0.930. The van der Waals surface area contributed by atoms with Gasteiger partial charge in [0.15, 0.2) is 0 Å². The smallest absolute Gasteiger partial charge is 0.257 e. The lowest BCUT2D eigenvalue weighted by Gasteiger charge is -2.58. The number of ether oxygens (including phenoxy) is 2. The van der Waals surface area contributed by atoms with E-state index in [-0.39, 0.29) is 11.3 Å². The summed E-state index contributed by atoms with van der Waals surface area (Å²) in [6.45, 7) is 3.30. The van der Waals surface area contributed by atoms with Crippen molar-refractivity contribution in [1.29, 1.82) is 0 Å². The van der Waals surface area contributed by atoms with Crippen LogP contribution in [0.5, 0.6) is 11.5 Å². The molecule has 5 nitrogen and oxygen atoms in total.